The van der Waals surface area contributed by atoms with E-state index in [1.54, 1.807) is 18.2 Å². The zero-order valence-corrected chi connectivity index (χ0v) is 12.4. The van der Waals surface area contributed by atoms with Gasteiger partial charge in [-0.1, -0.05) is 36.4 Å². The monoisotopic (exact) mass is 290 g/mol. The lowest BCUT2D eigenvalue weighted by molar-refractivity contribution is 0.600. The maximum absolute atomic E-state index is 12.2. The number of benzene rings is 2. The quantitative estimate of drug-likeness (QED) is 0.850. The molecule has 20 heavy (non-hydrogen) atoms. The van der Waals surface area contributed by atoms with E-state index < -0.39 is 10.0 Å². The van der Waals surface area contributed by atoms with Crippen LogP contribution >= 0.6 is 0 Å². The SMILES string of the molecule is Cc1ccc(N)c(NS(=O)(=O)Cc2ccccc2)c1C. The molecule has 106 valence electrons. The summed E-state index contributed by atoms with van der Waals surface area (Å²) in [6.45, 7) is 3.77. The smallest absolute Gasteiger partial charge is 0.236 e. The van der Waals surface area contributed by atoms with Crippen LogP contribution in [0, 0.1) is 13.8 Å². The topological polar surface area (TPSA) is 72.2 Å². The molecule has 0 aromatic heterocycles. The molecule has 2 aromatic carbocycles. The number of hydrogen-bond donors (Lipinski definition) is 2. The molecule has 0 spiro atoms. The predicted molar refractivity (Wildman–Crippen MR) is 83.0 cm³/mol. The van der Waals surface area contributed by atoms with Crippen molar-refractivity contribution in [3.8, 4) is 0 Å². The number of sulfonamides is 1. The maximum Gasteiger partial charge on any atom is 0.236 e. The van der Waals surface area contributed by atoms with E-state index in [-0.39, 0.29) is 5.75 Å². The Bertz CT molecular complexity index is 710. The summed E-state index contributed by atoms with van der Waals surface area (Å²) in [4.78, 5) is 0. The molecule has 3 N–H and O–H groups in total. The number of nitrogens with one attached hydrogen (secondary N) is 1. The van der Waals surface area contributed by atoms with Crippen molar-refractivity contribution < 1.29 is 8.42 Å². The molecular formula is C15H18N2O2S. The average Bonchev–Trinajstić information content (AvgIpc) is 2.40. The standard InChI is InChI=1S/C15H18N2O2S/c1-11-8-9-14(16)15(12(11)2)17-20(18,19)10-13-6-4-3-5-7-13/h3-9,17H,10,16H2,1-2H3. The van der Waals surface area contributed by atoms with Gasteiger partial charge in [-0.05, 0) is 36.6 Å². The second-order valence-corrected chi connectivity index (χ2v) is 6.54. The molecule has 0 heterocycles. The molecule has 0 aliphatic carbocycles. The first-order chi connectivity index (χ1) is 9.39. The van der Waals surface area contributed by atoms with Gasteiger partial charge in [-0.3, -0.25) is 4.72 Å². The number of rotatable bonds is 4. The minimum Gasteiger partial charge on any atom is -0.397 e. The van der Waals surface area contributed by atoms with Crippen LogP contribution in [-0.4, -0.2) is 8.42 Å². The zero-order valence-electron chi connectivity index (χ0n) is 11.6. The van der Waals surface area contributed by atoms with Gasteiger partial charge >= 0.3 is 0 Å². The first-order valence-corrected chi connectivity index (χ1v) is 7.94. The van der Waals surface area contributed by atoms with Gasteiger partial charge < -0.3 is 5.73 Å². The van der Waals surface area contributed by atoms with Gasteiger partial charge in [0.25, 0.3) is 0 Å². The second-order valence-electron chi connectivity index (χ2n) is 4.82. The van der Waals surface area contributed by atoms with E-state index in [4.69, 9.17) is 5.73 Å². The zero-order chi connectivity index (χ0) is 14.8. The number of hydrogen-bond acceptors (Lipinski definition) is 3. The van der Waals surface area contributed by atoms with Crippen LogP contribution in [0.5, 0.6) is 0 Å². The summed E-state index contributed by atoms with van der Waals surface area (Å²) in [5.74, 6) is -0.0688. The average molecular weight is 290 g/mol. The van der Waals surface area contributed by atoms with Crippen molar-refractivity contribution in [2.24, 2.45) is 0 Å². The molecule has 0 fully saturated rings. The van der Waals surface area contributed by atoms with Crippen molar-refractivity contribution in [1.82, 2.24) is 0 Å². The molecule has 2 aromatic rings. The van der Waals surface area contributed by atoms with E-state index in [1.165, 1.54) is 0 Å². The molecule has 0 saturated carbocycles. The molecule has 4 nitrogen and oxygen atoms in total. The van der Waals surface area contributed by atoms with Crippen LogP contribution in [0.1, 0.15) is 16.7 Å². The third kappa shape index (κ3) is 3.30. The summed E-state index contributed by atoms with van der Waals surface area (Å²) in [6, 6.07) is 12.6. The van der Waals surface area contributed by atoms with Crippen molar-refractivity contribution in [2.45, 2.75) is 19.6 Å². The predicted octanol–water partition coefficient (Wildman–Crippen LogP) is 2.83. The molecule has 0 aliphatic rings. The molecular weight excluding hydrogens is 272 g/mol. The van der Waals surface area contributed by atoms with Crippen LogP contribution in [0.4, 0.5) is 11.4 Å². The van der Waals surface area contributed by atoms with E-state index in [2.05, 4.69) is 4.72 Å². The van der Waals surface area contributed by atoms with Crippen LogP contribution in [0.3, 0.4) is 0 Å². The number of nitrogens with two attached hydrogens (primary N) is 1. The number of anilines is 2. The Morgan fingerprint density at radius 1 is 1.05 bits per heavy atom. The van der Waals surface area contributed by atoms with Gasteiger partial charge in [-0.15, -0.1) is 0 Å². The summed E-state index contributed by atoms with van der Waals surface area (Å²) in [7, 11) is -3.48. The van der Waals surface area contributed by atoms with Crippen LogP contribution in [0.2, 0.25) is 0 Å². The fourth-order valence-corrected chi connectivity index (χ4v) is 3.24. The van der Waals surface area contributed by atoms with Crippen molar-refractivity contribution in [2.75, 3.05) is 10.5 Å². The highest BCUT2D eigenvalue weighted by Gasteiger charge is 2.15. The second kappa shape index (κ2) is 5.54. The molecule has 2 rings (SSSR count). The third-order valence-corrected chi connectivity index (χ3v) is 4.45. The van der Waals surface area contributed by atoms with Gasteiger partial charge in [0.1, 0.15) is 0 Å². The Morgan fingerprint density at radius 2 is 1.70 bits per heavy atom. The van der Waals surface area contributed by atoms with Crippen molar-refractivity contribution >= 4 is 21.4 Å². The maximum atomic E-state index is 12.2. The van der Waals surface area contributed by atoms with E-state index >= 15 is 0 Å². The molecule has 0 amide bonds. The first kappa shape index (κ1) is 14.4. The van der Waals surface area contributed by atoms with Crippen molar-refractivity contribution in [3.05, 3.63) is 59.2 Å². The number of aryl methyl sites for hydroxylation is 1. The van der Waals surface area contributed by atoms with Crippen molar-refractivity contribution in [1.29, 1.82) is 0 Å². The van der Waals surface area contributed by atoms with Crippen LogP contribution in [-0.2, 0) is 15.8 Å². The lowest BCUT2D eigenvalue weighted by Crippen LogP contribution is -2.17. The molecule has 0 radical (unpaired) electrons. The van der Waals surface area contributed by atoms with E-state index in [0.29, 0.717) is 11.4 Å². The van der Waals surface area contributed by atoms with Gasteiger partial charge in [-0.25, -0.2) is 8.42 Å². The van der Waals surface area contributed by atoms with E-state index in [0.717, 1.165) is 16.7 Å². The fraction of sp³-hybridized carbons (Fsp3) is 0.200. The van der Waals surface area contributed by atoms with Crippen LogP contribution in [0.15, 0.2) is 42.5 Å². The van der Waals surface area contributed by atoms with Gasteiger partial charge in [0, 0.05) is 0 Å². The van der Waals surface area contributed by atoms with Gasteiger partial charge in [0.2, 0.25) is 10.0 Å². The third-order valence-electron chi connectivity index (χ3n) is 3.23. The Labute approximate surface area is 119 Å². The van der Waals surface area contributed by atoms with Gasteiger partial charge in [0.15, 0.2) is 0 Å². The van der Waals surface area contributed by atoms with Crippen LogP contribution < -0.4 is 10.5 Å². The Kier molecular flexibility index (Phi) is 3.99. The highest BCUT2D eigenvalue weighted by Crippen LogP contribution is 2.27. The Balaban J connectivity index is 2.28. The molecule has 0 unspecified atom stereocenters. The lowest BCUT2D eigenvalue weighted by Gasteiger charge is -2.14. The highest BCUT2D eigenvalue weighted by atomic mass is 32.2. The number of nitrogen functional groups attached to an aromatic ring is 1. The molecule has 0 bridgehead atoms. The summed E-state index contributed by atoms with van der Waals surface area (Å²) in [6.07, 6.45) is 0. The summed E-state index contributed by atoms with van der Waals surface area (Å²) < 4.78 is 27.0. The molecule has 0 atom stereocenters. The lowest BCUT2D eigenvalue weighted by atomic mass is 10.1. The van der Waals surface area contributed by atoms with Crippen LogP contribution in [0.25, 0.3) is 0 Å². The first-order valence-electron chi connectivity index (χ1n) is 6.29. The summed E-state index contributed by atoms with van der Waals surface area (Å²) in [5, 5.41) is 0. The van der Waals surface area contributed by atoms with Gasteiger partial charge in [-0.2, -0.15) is 0 Å². The largest absolute Gasteiger partial charge is 0.397 e. The fourth-order valence-electron chi connectivity index (χ4n) is 1.96. The van der Waals surface area contributed by atoms with E-state index in [9.17, 15) is 8.42 Å². The Morgan fingerprint density at radius 3 is 2.35 bits per heavy atom. The molecule has 0 saturated heterocycles. The van der Waals surface area contributed by atoms with E-state index in [1.807, 2.05) is 38.1 Å². The van der Waals surface area contributed by atoms with Gasteiger partial charge in [0.05, 0.1) is 17.1 Å². The highest BCUT2D eigenvalue weighted by molar-refractivity contribution is 7.91. The molecule has 0 aliphatic heterocycles. The Hall–Kier alpha value is -2.01. The minimum atomic E-state index is -3.48. The molecule has 5 heteroatoms. The minimum absolute atomic E-state index is 0.0688. The summed E-state index contributed by atoms with van der Waals surface area (Å²) in [5.41, 5.74) is 9.36. The van der Waals surface area contributed by atoms with Crippen molar-refractivity contribution in [3.63, 3.8) is 0 Å². The normalized spacial score (nSPS) is 11.3. The summed E-state index contributed by atoms with van der Waals surface area (Å²) >= 11 is 0.